The molecule has 0 aliphatic rings. The molecule has 0 unspecified atom stereocenters. The minimum Gasteiger partial charge on any atom is -0.445 e. The van der Waals surface area contributed by atoms with E-state index in [1.807, 2.05) is 49.4 Å². The van der Waals surface area contributed by atoms with Crippen LogP contribution >= 0.6 is 23.1 Å². The molecule has 0 fully saturated rings. The van der Waals surface area contributed by atoms with Gasteiger partial charge < -0.3 is 4.42 Å². The van der Waals surface area contributed by atoms with Gasteiger partial charge in [0.15, 0.2) is 0 Å². The van der Waals surface area contributed by atoms with Crippen molar-refractivity contribution in [2.24, 2.45) is 0 Å². The van der Waals surface area contributed by atoms with Crippen LogP contribution in [0, 0.1) is 6.92 Å². The van der Waals surface area contributed by atoms with Gasteiger partial charge in [-0.15, -0.1) is 5.10 Å². The predicted molar refractivity (Wildman–Crippen MR) is 109 cm³/mol. The normalized spacial score (nSPS) is 10.9. The Morgan fingerprint density at radius 2 is 1.89 bits per heavy atom. The van der Waals surface area contributed by atoms with Crippen molar-refractivity contribution in [2.45, 2.75) is 19.8 Å². The van der Waals surface area contributed by atoms with E-state index >= 15 is 0 Å². The van der Waals surface area contributed by atoms with E-state index in [9.17, 15) is 4.79 Å². The average molecular weight is 410 g/mol. The summed E-state index contributed by atoms with van der Waals surface area (Å²) >= 11 is 7.68. The third kappa shape index (κ3) is 4.03. The molecule has 0 saturated heterocycles. The maximum Gasteiger partial charge on any atom is 0.225 e. The van der Waals surface area contributed by atoms with Crippen molar-refractivity contribution in [2.75, 3.05) is 0 Å². The van der Waals surface area contributed by atoms with E-state index in [-0.39, 0.29) is 5.78 Å². The summed E-state index contributed by atoms with van der Waals surface area (Å²) in [6.07, 6.45) is 3.90. The average Bonchev–Trinajstić information content (AvgIpc) is 3.36. The molecule has 2 aromatic carbocycles. The number of hydrogen-bond acceptors (Lipinski definition) is 6. The summed E-state index contributed by atoms with van der Waals surface area (Å²) in [6, 6.07) is 13.5. The number of ketones is 1. The molecular formula is C21H16ClN3O2S. The molecule has 5 nitrogen and oxygen atoms in total. The van der Waals surface area contributed by atoms with Crippen LogP contribution in [-0.4, -0.2) is 20.4 Å². The Kier molecular flexibility index (Phi) is 5.32. The third-order valence-electron chi connectivity index (χ3n) is 4.41. The Morgan fingerprint density at radius 3 is 2.57 bits per heavy atom. The highest BCUT2D eigenvalue weighted by molar-refractivity contribution is 7.05. The second kappa shape index (κ2) is 8.04. The van der Waals surface area contributed by atoms with Crippen molar-refractivity contribution in [3.05, 3.63) is 76.1 Å². The monoisotopic (exact) mass is 409 g/mol. The molecule has 0 radical (unpaired) electrons. The fourth-order valence-corrected chi connectivity index (χ4v) is 3.82. The minimum absolute atomic E-state index is 0.144. The number of aryl methyl sites for hydroxylation is 1. The topological polar surface area (TPSA) is 68.9 Å². The van der Waals surface area contributed by atoms with Crippen molar-refractivity contribution < 1.29 is 9.21 Å². The SMILES string of the molecule is Cc1nnsc1CC(=O)Cc1ccc(-c2cc(-c3ncco3)ccc2Cl)cc1. The summed E-state index contributed by atoms with van der Waals surface area (Å²) in [7, 11) is 0. The smallest absolute Gasteiger partial charge is 0.225 e. The Bertz CT molecular complexity index is 1110. The molecule has 4 rings (SSSR count). The van der Waals surface area contributed by atoms with E-state index in [0.29, 0.717) is 23.8 Å². The number of hydrogen-bond donors (Lipinski definition) is 0. The zero-order valence-corrected chi connectivity index (χ0v) is 16.6. The molecule has 2 aromatic heterocycles. The number of halogens is 1. The van der Waals surface area contributed by atoms with Crippen molar-refractivity contribution in [3.63, 3.8) is 0 Å². The lowest BCUT2D eigenvalue weighted by Gasteiger charge is -2.08. The number of Topliss-reactive ketones (excluding diaryl/α,β-unsaturated/α-hetero) is 1. The van der Waals surface area contributed by atoms with Crippen molar-refractivity contribution >= 4 is 28.9 Å². The van der Waals surface area contributed by atoms with E-state index in [1.165, 1.54) is 11.5 Å². The number of nitrogens with zero attached hydrogens (tertiary/aromatic N) is 3. The lowest BCUT2D eigenvalue weighted by Crippen LogP contribution is -2.06. The van der Waals surface area contributed by atoms with Crippen LogP contribution in [-0.2, 0) is 17.6 Å². The van der Waals surface area contributed by atoms with Gasteiger partial charge in [-0.25, -0.2) is 4.98 Å². The first-order chi connectivity index (χ1) is 13.6. The molecule has 2 heterocycles. The van der Waals surface area contributed by atoms with Gasteiger partial charge in [0.25, 0.3) is 0 Å². The van der Waals surface area contributed by atoms with Crippen LogP contribution in [0.15, 0.2) is 59.3 Å². The Balaban J connectivity index is 1.51. The highest BCUT2D eigenvalue weighted by Crippen LogP contribution is 2.32. The van der Waals surface area contributed by atoms with E-state index in [0.717, 1.165) is 32.8 Å². The summed E-state index contributed by atoms with van der Waals surface area (Å²) < 4.78 is 9.24. The van der Waals surface area contributed by atoms with E-state index in [1.54, 1.807) is 12.5 Å². The van der Waals surface area contributed by atoms with Gasteiger partial charge in [0.1, 0.15) is 12.0 Å². The number of rotatable bonds is 6. The molecule has 0 spiro atoms. The Labute approximate surface area is 171 Å². The highest BCUT2D eigenvalue weighted by Gasteiger charge is 2.12. The molecule has 7 heteroatoms. The molecule has 0 amide bonds. The van der Waals surface area contributed by atoms with Crippen LogP contribution in [0.2, 0.25) is 5.02 Å². The second-order valence-electron chi connectivity index (χ2n) is 6.40. The summed E-state index contributed by atoms with van der Waals surface area (Å²) in [6.45, 7) is 1.87. The zero-order valence-electron chi connectivity index (χ0n) is 15.1. The number of carbonyl (C=O) groups excluding carboxylic acids is 1. The highest BCUT2D eigenvalue weighted by atomic mass is 35.5. The maximum absolute atomic E-state index is 12.3. The number of carbonyl (C=O) groups is 1. The fourth-order valence-electron chi connectivity index (χ4n) is 2.93. The third-order valence-corrected chi connectivity index (χ3v) is 5.57. The molecule has 0 aliphatic heterocycles. The minimum atomic E-state index is 0.144. The summed E-state index contributed by atoms with van der Waals surface area (Å²) in [4.78, 5) is 17.4. The van der Waals surface area contributed by atoms with Gasteiger partial charge in [0.05, 0.1) is 16.8 Å². The molecule has 140 valence electrons. The van der Waals surface area contributed by atoms with Crippen LogP contribution < -0.4 is 0 Å². The van der Waals surface area contributed by atoms with Gasteiger partial charge in [-0.2, -0.15) is 0 Å². The van der Waals surface area contributed by atoms with Crippen molar-refractivity contribution in [1.29, 1.82) is 0 Å². The summed E-state index contributed by atoms with van der Waals surface area (Å²) in [5, 5.41) is 4.59. The summed E-state index contributed by atoms with van der Waals surface area (Å²) in [5.74, 6) is 0.693. The van der Waals surface area contributed by atoms with Gasteiger partial charge in [0, 0.05) is 29.0 Å². The predicted octanol–water partition coefficient (Wildman–Crippen LogP) is 5.18. The summed E-state index contributed by atoms with van der Waals surface area (Å²) in [5.41, 5.74) is 4.51. The van der Waals surface area contributed by atoms with Gasteiger partial charge in [-0.1, -0.05) is 40.4 Å². The molecule has 0 atom stereocenters. The van der Waals surface area contributed by atoms with Crippen LogP contribution in [0.3, 0.4) is 0 Å². The first kappa shape index (κ1) is 18.5. The van der Waals surface area contributed by atoms with Crippen LogP contribution in [0.4, 0.5) is 0 Å². The number of benzene rings is 2. The largest absolute Gasteiger partial charge is 0.445 e. The molecule has 0 aliphatic carbocycles. The van der Waals surface area contributed by atoms with Gasteiger partial charge in [-0.3, -0.25) is 4.79 Å². The van der Waals surface area contributed by atoms with Crippen LogP contribution in [0.1, 0.15) is 16.1 Å². The Hall–Kier alpha value is -2.83. The van der Waals surface area contributed by atoms with Crippen molar-refractivity contribution in [1.82, 2.24) is 14.6 Å². The Morgan fingerprint density at radius 1 is 1.11 bits per heavy atom. The lowest BCUT2D eigenvalue weighted by atomic mass is 9.99. The lowest BCUT2D eigenvalue weighted by molar-refractivity contribution is -0.117. The quantitative estimate of drug-likeness (QED) is 0.439. The van der Waals surface area contributed by atoms with Gasteiger partial charge in [0.2, 0.25) is 5.89 Å². The molecule has 28 heavy (non-hydrogen) atoms. The zero-order chi connectivity index (χ0) is 19.5. The number of oxazole rings is 1. The van der Waals surface area contributed by atoms with Crippen LogP contribution in [0.25, 0.3) is 22.6 Å². The van der Waals surface area contributed by atoms with E-state index in [2.05, 4.69) is 14.6 Å². The first-order valence-corrected chi connectivity index (χ1v) is 9.83. The van der Waals surface area contributed by atoms with Gasteiger partial charge >= 0.3 is 0 Å². The van der Waals surface area contributed by atoms with E-state index < -0.39 is 0 Å². The standard InChI is InChI=1S/C21H16ClN3O2S/c1-13-20(28-25-24-13)12-17(26)10-14-2-4-15(5-3-14)18-11-16(6-7-19(18)22)21-23-8-9-27-21/h2-9,11H,10,12H2,1H3. The first-order valence-electron chi connectivity index (χ1n) is 8.68. The van der Waals surface area contributed by atoms with Crippen LogP contribution in [0.5, 0.6) is 0 Å². The van der Waals surface area contributed by atoms with E-state index in [4.69, 9.17) is 16.0 Å². The molecule has 4 aromatic rings. The molecule has 0 bridgehead atoms. The molecule has 0 saturated carbocycles. The maximum atomic E-state index is 12.3. The molecule has 0 N–H and O–H groups in total. The second-order valence-corrected chi connectivity index (χ2v) is 7.65. The van der Waals surface area contributed by atoms with Gasteiger partial charge in [-0.05, 0) is 47.8 Å². The molecular weight excluding hydrogens is 394 g/mol. The fraction of sp³-hybridized carbons (Fsp3) is 0.143. The number of aromatic nitrogens is 3. The van der Waals surface area contributed by atoms with Crippen molar-refractivity contribution in [3.8, 4) is 22.6 Å².